The van der Waals surface area contributed by atoms with Gasteiger partial charge in [-0.3, -0.25) is 4.79 Å². The molecular formula is C19H31N3O3S2. The molecule has 152 valence electrons. The fraction of sp³-hybridized carbons (Fsp3) is 0.579. The van der Waals surface area contributed by atoms with E-state index in [1.807, 2.05) is 36.6 Å². The molecule has 0 fully saturated rings. The van der Waals surface area contributed by atoms with Crippen LogP contribution >= 0.6 is 24.4 Å². The van der Waals surface area contributed by atoms with Gasteiger partial charge in [-0.05, 0) is 49.1 Å². The number of hydrogen-bond acceptors (Lipinski definition) is 6. The van der Waals surface area contributed by atoms with Crippen LogP contribution in [0.1, 0.15) is 18.4 Å². The number of benzene rings is 1. The summed E-state index contributed by atoms with van der Waals surface area (Å²) in [6.07, 6.45) is 3.83. The first-order valence-electron chi connectivity index (χ1n) is 9.19. The number of rotatable bonds is 15. The number of aliphatic carboxylic acids is 1. The van der Waals surface area contributed by atoms with Gasteiger partial charge in [0.2, 0.25) is 5.91 Å². The number of amides is 1. The summed E-state index contributed by atoms with van der Waals surface area (Å²) in [6, 6.07) is 8.39. The van der Waals surface area contributed by atoms with E-state index in [1.165, 1.54) is 0 Å². The second-order valence-electron chi connectivity index (χ2n) is 6.20. The Hall–Kier alpha value is -1.22. The van der Waals surface area contributed by atoms with E-state index in [0.29, 0.717) is 25.1 Å². The number of hydrogen-bond donors (Lipinski definition) is 5. The molecule has 0 aliphatic rings. The van der Waals surface area contributed by atoms with Crippen LogP contribution in [0.5, 0.6) is 0 Å². The molecule has 1 amide bonds. The summed E-state index contributed by atoms with van der Waals surface area (Å²) in [5.41, 5.74) is 1.03. The lowest BCUT2D eigenvalue weighted by Crippen LogP contribution is -2.52. The Morgan fingerprint density at radius 2 is 1.89 bits per heavy atom. The van der Waals surface area contributed by atoms with Crippen LogP contribution in [0.4, 0.5) is 0 Å². The van der Waals surface area contributed by atoms with E-state index < -0.39 is 18.1 Å². The average molecular weight is 414 g/mol. The molecule has 1 aromatic carbocycles. The van der Waals surface area contributed by atoms with E-state index >= 15 is 0 Å². The van der Waals surface area contributed by atoms with Crippen molar-refractivity contribution in [1.82, 2.24) is 16.0 Å². The molecule has 0 saturated heterocycles. The molecule has 4 N–H and O–H groups in total. The summed E-state index contributed by atoms with van der Waals surface area (Å²) < 4.78 is 0. The van der Waals surface area contributed by atoms with Gasteiger partial charge < -0.3 is 21.1 Å². The normalized spacial score (nSPS) is 13.1. The van der Waals surface area contributed by atoms with E-state index in [-0.39, 0.29) is 5.91 Å². The predicted molar refractivity (Wildman–Crippen MR) is 116 cm³/mol. The number of carboxylic acid groups (broad SMARTS) is 1. The van der Waals surface area contributed by atoms with Gasteiger partial charge in [0.15, 0.2) is 0 Å². The molecule has 2 unspecified atom stereocenters. The average Bonchev–Trinajstić information content (AvgIpc) is 2.67. The monoisotopic (exact) mass is 413 g/mol. The first-order chi connectivity index (χ1) is 13.1. The molecule has 0 bridgehead atoms. The highest BCUT2D eigenvalue weighted by Crippen LogP contribution is 2.06. The topological polar surface area (TPSA) is 90.5 Å². The summed E-state index contributed by atoms with van der Waals surface area (Å²) in [5.74, 6) is 0.252. The second kappa shape index (κ2) is 14.8. The summed E-state index contributed by atoms with van der Waals surface area (Å²) in [6.45, 7) is 2.25. The standard InChI is InChI=1S/C19H31N3O3S2/c1-27-13-8-16(19(24)25)22-18(23)17(14-15-6-3-2-4-7-15)21-11-10-20-9-5-12-26/h2-4,6-7,16-17,20-21,26H,5,8-14H2,1H3,(H,22,23)(H,24,25). The van der Waals surface area contributed by atoms with Crippen molar-refractivity contribution in [2.75, 3.05) is 37.4 Å². The van der Waals surface area contributed by atoms with Crippen molar-refractivity contribution in [3.8, 4) is 0 Å². The first-order valence-corrected chi connectivity index (χ1v) is 11.2. The Labute approximate surface area is 171 Å². The van der Waals surface area contributed by atoms with E-state index in [9.17, 15) is 14.7 Å². The number of thioether (sulfide) groups is 1. The van der Waals surface area contributed by atoms with Gasteiger partial charge in [0, 0.05) is 13.1 Å². The molecule has 0 saturated carbocycles. The lowest BCUT2D eigenvalue weighted by Gasteiger charge is -2.22. The molecule has 0 heterocycles. The minimum atomic E-state index is -0.996. The Balaban J connectivity index is 2.64. The van der Waals surface area contributed by atoms with E-state index in [1.54, 1.807) is 11.8 Å². The maximum Gasteiger partial charge on any atom is 0.326 e. The third kappa shape index (κ3) is 10.6. The maximum absolute atomic E-state index is 12.7. The van der Waals surface area contributed by atoms with Crippen LogP contribution in [0.25, 0.3) is 0 Å². The van der Waals surface area contributed by atoms with Crippen molar-refractivity contribution in [3.63, 3.8) is 0 Å². The molecule has 1 aromatic rings. The van der Waals surface area contributed by atoms with Crippen LogP contribution in [0.3, 0.4) is 0 Å². The minimum Gasteiger partial charge on any atom is -0.480 e. The van der Waals surface area contributed by atoms with Gasteiger partial charge >= 0.3 is 5.97 Å². The van der Waals surface area contributed by atoms with Crippen LogP contribution in [-0.2, 0) is 16.0 Å². The number of carboxylic acids is 1. The SMILES string of the molecule is CSCCC(NC(=O)C(Cc1ccccc1)NCCNCCCS)C(=O)O. The highest BCUT2D eigenvalue weighted by atomic mass is 32.2. The zero-order valence-electron chi connectivity index (χ0n) is 15.8. The van der Waals surface area contributed by atoms with Crippen molar-refractivity contribution >= 4 is 36.3 Å². The van der Waals surface area contributed by atoms with Crippen LogP contribution in [0.2, 0.25) is 0 Å². The van der Waals surface area contributed by atoms with E-state index in [0.717, 1.165) is 30.8 Å². The number of nitrogens with one attached hydrogen (secondary N) is 3. The van der Waals surface area contributed by atoms with Crippen molar-refractivity contribution in [2.45, 2.75) is 31.3 Å². The van der Waals surface area contributed by atoms with Crippen LogP contribution in [0, 0.1) is 0 Å². The Morgan fingerprint density at radius 1 is 1.15 bits per heavy atom. The molecule has 8 heteroatoms. The molecule has 0 spiro atoms. The predicted octanol–water partition coefficient (Wildman–Crippen LogP) is 1.42. The van der Waals surface area contributed by atoms with Crippen molar-refractivity contribution in [2.24, 2.45) is 0 Å². The van der Waals surface area contributed by atoms with Gasteiger partial charge in [-0.15, -0.1) is 0 Å². The molecule has 6 nitrogen and oxygen atoms in total. The molecular weight excluding hydrogens is 382 g/mol. The minimum absolute atomic E-state index is 0.275. The molecule has 0 radical (unpaired) electrons. The van der Waals surface area contributed by atoms with Gasteiger partial charge in [-0.25, -0.2) is 4.79 Å². The van der Waals surface area contributed by atoms with Crippen LogP contribution in [-0.4, -0.2) is 66.5 Å². The van der Waals surface area contributed by atoms with Crippen molar-refractivity contribution in [1.29, 1.82) is 0 Å². The van der Waals surface area contributed by atoms with Crippen LogP contribution in [0.15, 0.2) is 30.3 Å². The molecule has 0 aliphatic carbocycles. The van der Waals surface area contributed by atoms with Gasteiger partial charge in [0.25, 0.3) is 0 Å². The third-order valence-electron chi connectivity index (χ3n) is 4.03. The zero-order valence-corrected chi connectivity index (χ0v) is 17.5. The fourth-order valence-corrected chi connectivity index (χ4v) is 3.17. The smallest absolute Gasteiger partial charge is 0.326 e. The Bertz CT molecular complexity index is 546. The number of thiol groups is 1. The van der Waals surface area contributed by atoms with Crippen LogP contribution < -0.4 is 16.0 Å². The van der Waals surface area contributed by atoms with E-state index in [4.69, 9.17) is 0 Å². The second-order valence-corrected chi connectivity index (χ2v) is 7.64. The van der Waals surface area contributed by atoms with Crippen molar-refractivity contribution < 1.29 is 14.7 Å². The lowest BCUT2D eigenvalue weighted by molar-refractivity contribution is -0.142. The summed E-state index contributed by atoms with van der Waals surface area (Å²) in [4.78, 5) is 24.1. The quantitative estimate of drug-likeness (QED) is 0.221. The molecule has 1 rings (SSSR count). The van der Waals surface area contributed by atoms with Gasteiger partial charge in [0.05, 0.1) is 6.04 Å². The Kier molecular flexibility index (Phi) is 13.0. The maximum atomic E-state index is 12.7. The summed E-state index contributed by atoms with van der Waals surface area (Å²) in [7, 11) is 0. The van der Waals surface area contributed by atoms with Gasteiger partial charge in [-0.1, -0.05) is 30.3 Å². The van der Waals surface area contributed by atoms with Crippen molar-refractivity contribution in [3.05, 3.63) is 35.9 Å². The number of carbonyl (C=O) groups excluding carboxylic acids is 1. The molecule has 2 atom stereocenters. The molecule has 0 aliphatic heterocycles. The molecule has 0 aromatic heterocycles. The molecule has 27 heavy (non-hydrogen) atoms. The fourth-order valence-electron chi connectivity index (χ4n) is 2.54. The largest absolute Gasteiger partial charge is 0.480 e. The van der Waals surface area contributed by atoms with Gasteiger partial charge in [0.1, 0.15) is 6.04 Å². The first kappa shape index (κ1) is 23.8. The number of carbonyl (C=O) groups is 2. The summed E-state index contributed by atoms with van der Waals surface area (Å²) in [5, 5.41) is 18.6. The highest BCUT2D eigenvalue weighted by molar-refractivity contribution is 7.98. The lowest BCUT2D eigenvalue weighted by atomic mass is 10.0. The third-order valence-corrected chi connectivity index (χ3v) is 4.99. The Morgan fingerprint density at radius 3 is 2.52 bits per heavy atom. The summed E-state index contributed by atoms with van der Waals surface area (Å²) >= 11 is 5.74. The van der Waals surface area contributed by atoms with E-state index in [2.05, 4.69) is 28.6 Å². The highest BCUT2D eigenvalue weighted by Gasteiger charge is 2.24. The zero-order chi connectivity index (χ0) is 19.9. The van der Waals surface area contributed by atoms with Gasteiger partial charge in [-0.2, -0.15) is 24.4 Å².